The second-order valence-corrected chi connectivity index (χ2v) is 3.86. The lowest BCUT2D eigenvalue weighted by Crippen LogP contribution is -1.95. The van der Waals surface area contributed by atoms with E-state index >= 15 is 0 Å². The monoisotopic (exact) mass is 241 g/mol. The lowest BCUT2D eigenvalue weighted by molar-refractivity contribution is 0.384. The van der Waals surface area contributed by atoms with E-state index in [0.717, 1.165) is 11.3 Å². The summed E-state index contributed by atoms with van der Waals surface area (Å²) < 4.78 is 10.4. The maximum absolute atomic E-state index is 5.86. The van der Waals surface area contributed by atoms with Crippen LogP contribution in [-0.4, -0.2) is 10.1 Å². The van der Waals surface area contributed by atoms with E-state index in [1.807, 2.05) is 24.3 Å². The van der Waals surface area contributed by atoms with Gasteiger partial charge in [0.2, 0.25) is 11.7 Å². The first kappa shape index (κ1) is 10.6. The van der Waals surface area contributed by atoms with E-state index in [4.69, 9.17) is 14.7 Å². The smallest absolute Gasteiger partial charge is 0.238 e. The second-order valence-electron chi connectivity index (χ2n) is 3.86. The van der Waals surface area contributed by atoms with Crippen molar-refractivity contribution in [3.05, 3.63) is 54.1 Å². The number of nitrogen functional groups attached to an aromatic ring is 1. The van der Waals surface area contributed by atoms with Gasteiger partial charge >= 0.3 is 0 Å². The molecule has 2 heterocycles. The first-order chi connectivity index (χ1) is 8.83. The molecule has 0 bridgehead atoms. The van der Waals surface area contributed by atoms with Crippen LogP contribution in [0.3, 0.4) is 0 Å². The third-order valence-electron chi connectivity index (χ3n) is 2.61. The number of hydrogen-bond donors (Lipinski definition) is 1. The Labute approximate surface area is 103 Å². The molecule has 0 spiro atoms. The van der Waals surface area contributed by atoms with E-state index < -0.39 is 0 Å². The molecule has 5 heteroatoms. The van der Waals surface area contributed by atoms with Crippen LogP contribution in [0.2, 0.25) is 0 Å². The molecule has 0 saturated heterocycles. The molecule has 0 saturated carbocycles. The van der Waals surface area contributed by atoms with Gasteiger partial charge in [-0.15, -0.1) is 0 Å². The summed E-state index contributed by atoms with van der Waals surface area (Å²) in [6.45, 7) is 0. The molecule has 5 nitrogen and oxygen atoms in total. The van der Waals surface area contributed by atoms with Crippen LogP contribution in [0.5, 0.6) is 0 Å². The Morgan fingerprint density at radius 1 is 1.11 bits per heavy atom. The minimum absolute atomic E-state index is 0.449. The van der Waals surface area contributed by atoms with Crippen LogP contribution in [0.1, 0.15) is 11.5 Å². The van der Waals surface area contributed by atoms with Crippen LogP contribution in [0.15, 0.2) is 51.6 Å². The highest BCUT2D eigenvalue weighted by molar-refractivity contribution is 5.48. The van der Waals surface area contributed by atoms with Crippen molar-refractivity contribution >= 4 is 5.69 Å². The van der Waals surface area contributed by atoms with Gasteiger partial charge in [-0.25, -0.2) is 0 Å². The topological polar surface area (TPSA) is 78.1 Å². The summed E-state index contributed by atoms with van der Waals surface area (Å²) in [6, 6.07) is 11.2. The first-order valence-electron chi connectivity index (χ1n) is 5.53. The standard InChI is InChI=1S/C13H11N3O2/c14-10-5-2-1-4-9(10)8-12-15-13(16-18-12)11-6-3-7-17-11/h1-7H,8,14H2. The molecule has 2 N–H and O–H groups in total. The molecule has 0 atom stereocenters. The highest BCUT2D eigenvalue weighted by Crippen LogP contribution is 2.19. The van der Waals surface area contributed by atoms with Crippen molar-refractivity contribution in [3.8, 4) is 11.6 Å². The van der Waals surface area contributed by atoms with Gasteiger partial charge in [0.1, 0.15) is 0 Å². The zero-order chi connectivity index (χ0) is 12.4. The first-order valence-corrected chi connectivity index (χ1v) is 5.53. The largest absolute Gasteiger partial charge is 0.461 e. The summed E-state index contributed by atoms with van der Waals surface area (Å²) in [5.74, 6) is 1.55. The molecular weight excluding hydrogens is 230 g/mol. The zero-order valence-electron chi connectivity index (χ0n) is 9.54. The van der Waals surface area contributed by atoms with Crippen molar-refractivity contribution in [2.45, 2.75) is 6.42 Å². The molecule has 18 heavy (non-hydrogen) atoms. The van der Waals surface area contributed by atoms with Crippen molar-refractivity contribution in [1.29, 1.82) is 0 Å². The number of rotatable bonds is 3. The van der Waals surface area contributed by atoms with Crippen molar-refractivity contribution in [3.63, 3.8) is 0 Å². The fourth-order valence-corrected chi connectivity index (χ4v) is 1.69. The summed E-state index contributed by atoms with van der Waals surface area (Å²) in [7, 11) is 0. The van der Waals surface area contributed by atoms with Crippen LogP contribution in [0, 0.1) is 0 Å². The number of nitrogens with zero attached hydrogens (tertiary/aromatic N) is 2. The summed E-state index contributed by atoms with van der Waals surface area (Å²) in [6.07, 6.45) is 2.08. The molecule has 3 rings (SSSR count). The highest BCUT2D eigenvalue weighted by atomic mass is 16.5. The Hall–Kier alpha value is -2.56. The predicted octanol–water partition coefficient (Wildman–Crippen LogP) is 2.50. The summed E-state index contributed by atoms with van der Waals surface area (Å²) in [4.78, 5) is 4.26. The maximum Gasteiger partial charge on any atom is 0.238 e. The molecule has 3 aromatic rings. The van der Waals surface area contributed by atoms with Gasteiger partial charge in [-0.05, 0) is 23.8 Å². The Morgan fingerprint density at radius 3 is 2.78 bits per heavy atom. The van der Waals surface area contributed by atoms with Gasteiger partial charge in [0.25, 0.3) is 0 Å². The summed E-state index contributed by atoms with van der Waals surface area (Å²) in [5.41, 5.74) is 7.54. The van der Waals surface area contributed by atoms with E-state index in [-0.39, 0.29) is 0 Å². The lowest BCUT2D eigenvalue weighted by atomic mass is 10.1. The molecule has 0 aliphatic heterocycles. The SMILES string of the molecule is Nc1ccccc1Cc1nc(-c2ccco2)no1. The number of aromatic nitrogens is 2. The van der Waals surface area contributed by atoms with Gasteiger partial charge in [-0.3, -0.25) is 0 Å². The van der Waals surface area contributed by atoms with Gasteiger partial charge in [-0.1, -0.05) is 23.4 Å². The fourth-order valence-electron chi connectivity index (χ4n) is 1.69. The van der Waals surface area contributed by atoms with E-state index in [0.29, 0.717) is 23.9 Å². The van der Waals surface area contributed by atoms with Crippen molar-refractivity contribution < 1.29 is 8.94 Å². The van der Waals surface area contributed by atoms with Crippen LogP contribution < -0.4 is 5.73 Å². The molecule has 0 unspecified atom stereocenters. The number of furan rings is 1. The average Bonchev–Trinajstić information content (AvgIpc) is 3.02. The van der Waals surface area contributed by atoms with Crippen molar-refractivity contribution in [2.24, 2.45) is 0 Å². The zero-order valence-corrected chi connectivity index (χ0v) is 9.54. The number of nitrogens with two attached hydrogens (primary N) is 1. The maximum atomic E-state index is 5.86. The van der Waals surface area contributed by atoms with Gasteiger partial charge < -0.3 is 14.7 Å². The molecule has 0 aliphatic rings. The van der Waals surface area contributed by atoms with Crippen molar-refractivity contribution in [2.75, 3.05) is 5.73 Å². The number of hydrogen-bond acceptors (Lipinski definition) is 5. The van der Waals surface area contributed by atoms with Crippen LogP contribution in [-0.2, 0) is 6.42 Å². The van der Waals surface area contributed by atoms with Crippen LogP contribution >= 0.6 is 0 Å². The third-order valence-corrected chi connectivity index (χ3v) is 2.61. The fraction of sp³-hybridized carbons (Fsp3) is 0.0769. The minimum Gasteiger partial charge on any atom is -0.461 e. The number of para-hydroxylation sites is 1. The Bertz CT molecular complexity index is 644. The minimum atomic E-state index is 0.449. The molecule has 0 aliphatic carbocycles. The van der Waals surface area contributed by atoms with Crippen LogP contribution in [0.25, 0.3) is 11.6 Å². The number of benzene rings is 1. The van der Waals surface area contributed by atoms with E-state index in [1.54, 1.807) is 18.4 Å². The number of anilines is 1. The van der Waals surface area contributed by atoms with E-state index in [2.05, 4.69) is 10.1 Å². The Balaban J connectivity index is 1.85. The second kappa shape index (κ2) is 4.37. The molecule has 0 fully saturated rings. The molecule has 1 aromatic carbocycles. The molecule has 2 aromatic heterocycles. The van der Waals surface area contributed by atoms with Crippen molar-refractivity contribution in [1.82, 2.24) is 10.1 Å². The molecule has 90 valence electrons. The van der Waals surface area contributed by atoms with E-state index in [1.165, 1.54) is 0 Å². The van der Waals surface area contributed by atoms with E-state index in [9.17, 15) is 0 Å². The average molecular weight is 241 g/mol. The third kappa shape index (κ3) is 1.98. The predicted molar refractivity (Wildman–Crippen MR) is 65.7 cm³/mol. The highest BCUT2D eigenvalue weighted by Gasteiger charge is 2.11. The van der Waals surface area contributed by atoms with Crippen LogP contribution in [0.4, 0.5) is 5.69 Å². The molecule has 0 amide bonds. The van der Waals surface area contributed by atoms with Gasteiger partial charge in [0.05, 0.1) is 12.7 Å². The lowest BCUT2D eigenvalue weighted by Gasteiger charge is -2.00. The Morgan fingerprint density at radius 2 is 2.00 bits per heavy atom. The van der Waals surface area contributed by atoms with Gasteiger partial charge in [0.15, 0.2) is 5.76 Å². The summed E-state index contributed by atoms with van der Waals surface area (Å²) >= 11 is 0. The quantitative estimate of drug-likeness (QED) is 0.713. The normalized spacial score (nSPS) is 10.7. The molecular formula is C13H11N3O2. The van der Waals surface area contributed by atoms with Gasteiger partial charge in [0, 0.05) is 5.69 Å². The summed E-state index contributed by atoms with van der Waals surface area (Å²) in [5, 5.41) is 3.86. The van der Waals surface area contributed by atoms with Gasteiger partial charge in [-0.2, -0.15) is 4.98 Å². The Kier molecular flexibility index (Phi) is 2.57. The molecule has 0 radical (unpaired) electrons.